The third-order valence-electron chi connectivity index (χ3n) is 4.32. The maximum atomic E-state index is 12.4. The molecule has 0 amide bonds. The highest BCUT2D eigenvalue weighted by Crippen LogP contribution is 2.34. The molecular weight excluding hydrogens is 404 g/mol. The van der Waals surface area contributed by atoms with Gasteiger partial charge in [-0.2, -0.15) is 13.5 Å². The van der Waals surface area contributed by atoms with Crippen LogP contribution in [0.1, 0.15) is 24.1 Å². The average Bonchev–Trinajstić information content (AvgIpc) is 3.18. The summed E-state index contributed by atoms with van der Waals surface area (Å²) in [6, 6.07) is 11.5. The van der Waals surface area contributed by atoms with E-state index in [4.69, 9.17) is 16.3 Å². The lowest BCUT2D eigenvalue weighted by atomic mass is 10.0. The number of benzene rings is 2. The number of ether oxygens (including phenoxy) is 2. The van der Waals surface area contributed by atoms with Crippen molar-refractivity contribution < 1.29 is 18.3 Å². The Bertz CT molecular complexity index is 1040. The highest BCUT2D eigenvalue weighted by atomic mass is 35.5. The Balaban J connectivity index is 1.68. The zero-order chi connectivity index (χ0) is 20.4. The lowest BCUT2D eigenvalue weighted by molar-refractivity contribution is -0.0498. The number of tetrazole rings is 1. The summed E-state index contributed by atoms with van der Waals surface area (Å²) in [4.78, 5) is 0. The molecule has 0 fully saturated rings. The Labute approximate surface area is 169 Å². The number of alkyl halides is 2. The van der Waals surface area contributed by atoms with E-state index in [0.717, 1.165) is 16.8 Å². The quantitative estimate of drug-likeness (QED) is 0.639. The standard InChI is InChI=1S/C19H16ClF2N5O2/c1-2-28-17-8-5-12(9-14(17)20)15-10-16(27-19(23-15)24-25-26-27)11-3-6-13(7-4-11)29-18(21)22/h3-10,16,18H,2H2,1H3,(H,23,24,26)/t16-/m0/s1. The van der Waals surface area contributed by atoms with Gasteiger partial charge in [-0.1, -0.05) is 28.8 Å². The Morgan fingerprint density at radius 2 is 2.00 bits per heavy atom. The number of hydrogen-bond donors (Lipinski definition) is 1. The van der Waals surface area contributed by atoms with Crippen molar-refractivity contribution in [3.8, 4) is 11.5 Å². The molecule has 0 saturated carbocycles. The van der Waals surface area contributed by atoms with Crippen molar-refractivity contribution in [3.63, 3.8) is 0 Å². The predicted octanol–water partition coefficient (Wildman–Crippen LogP) is 4.38. The Hall–Kier alpha value is -3.20. The van der Waals surface area contributed by atoms with Crippen molar-refractivity contribution in [2.24, 2.45) is 0 Å². The third-order valence-corrected chi connectivity index (χ3v) is 4.61. The number of halogens is 3. The van der Waals surface area contributed by atoms with Crippen LogP contribution in [0.25, 0.3) is 5.70 Å². The molecule has 1 aromatic heterocycles. The Morgan fingerprint density at radius 3 is 2.69 bits per heavy atom. The van der Waals surface area contributed by atoms with E-state index in [9.17, 15) is 8.78 Å². The van der Waals surface area contributed by atoms with Gasteiger partial charge in [-0.05, 0) is 64.9 Å². The van der Waals surface area contributed by atoms with Gasteiger partial charge < -0.3 is 14.8 Å². The molecule has 0 unspecified atom stereocenters. The van der Waals surface area contributed by atoms with Gasteiger partial charge in [0.15, 0.2) is 0 Å². The van der Waals surface area contributed by atoms with Gasteiger partial charge in [0.25, 0.3) is 0 Å². The minimum atomic E-state index is -2.87. The van der Waals surface area contributed by atoms with Crippen LogP contribution in [-0.4, -0.2) is 33.4 Å². The number of rotatable bonds is 6. The average molecular weight is 420 g/mol. The first-order valence-electron chi connectivity index (χ1n) is 8.79. The molecule has 0 radical (unpaired) electrons. The number of hydrogen-bond acceptors (Lipinski definition) is 6. The molecule has 1 aliphatic heterocycles. The summed E-state index contributed by atoms with van der Waals surface area (Å²) in [7, 11) is 0. The highest BCUT2D eigenvalue weighted by Gasteiger charge is 2.24. The first kappa shape index (κ1) is 19.1. The molecule has 29 heavy (non-hydrogen) atoms. The molecular formula is C19H16ClF2N5O2. The first-order valence-corrected chi connectivity index (χ1v) is 9.17. The minimum Gasteiger partial charge on any atom is -0.492 e. The molecule has 1 atom stereocenters. The van der Waals surface area contributed by atoms with E-state index in [1.165, 1.54) is 12.1 Å². The van der Waals surface area contributed by atoms with Crippen LogP contribution in [0.5, 0.6) is 11.5 Å². The van der Waals surface area contributed by atoms with Crippen molar-refractivity contribution in [3.05, 3.63) is 64.7 Å². The normalized spacial score (nSPS) is 15.5. The summed E-state index contributed by atoms with van der Waals surface area (Å²) in [5, 5.41) is 15.4. The molecule has 1 N–H and O–H groups in total. The molecule has 150 valence electrons. The van der Waals surface area contributed by atoms with E-state index >= 15 is 0 Å². The van der Waals surface area contributed by atoms with Crippen molar-refractivity contribution >= 4 is 23.2 Å². The molecule has 2 aromatic carbocycles. The van der Waals surface area contributed by atoms with Crippen molar-refractivity contribution in [1.82, 2.24) is 20.2 Å². The third kappa shape index (κ3) is 4.00. The van der Waals surface area contributed by atoms with Gasteiger partial charge in [-0.3, -0.25) is 0 Å². The van der Waals surface area contributed by atoms with Crippen molar-refractivity contribution in [2.75, 3.05) is 11.9 Å². The van der Waals surface area contributed by atoms with E-state index in [1.54, 1.807) is 28.9 Å². The van der Waals surface area contributed by atoms with Gasteiger partial charge in [0, 0.05) is 5.70 Å². The van der Waals surface area contributed by atoms with E-state index in [-0.39, 0.29) is 11.8 Å². The van der Waals surface area contributed by atoms with Crippen LogP contribution in [0.3, 0.4) is 0 Å². The second-order valence-corrected chi connectivity index (χ2v) is 6.53. The van der Waals surface area contributed by atoms with Gasteiger partial charge in [0.2, 0.25) is 5.95 Å². The van der Waals surface area contributed by atoms with Crippen LogP contribution in [0.2, 0.25) is 5.02 Å². The Morgan fingerprint density at radius 1 is 1.21 bits per heavy atom. The molecule has 1 aliphatic rings. The summed E-state index contributed by atoms with van der Waals surface area (Å²) in [6.07, 6.45) is 1.93. The van der Waals surface area contributed by atoms with Crippen molar-refractivity contribution in [1.29, 1.82) is 0 Å². The van der Waals surface area contributed by atoms with Crippen LogP contribution in [0.4, 0.5) is 14.7 Å². The van der Waals surface area contributed by atoms with Gasteiger partial charge >= 0.3 is 6.61 Å². The fourth-order valence-corrected chi connectivity index (χ4v) is 3.28. The second kappa shape index (κ2) is 8.04. The monoisotopic (exact) mass is 419 g/mol. The van der Waals surface area contributed by atoms with Gasteiger partial charge in [-0.25, -0.2) is 0 Å². The van der Waals surface area contributed by atoms with Crippen LogP contribution < -0.4 is 14.8 Å². The first-order chi connectivity index (χ1) is 14.0. The summed E-state index contributed by atoms with van der Waals surface area (Å²) < 4.78 is 36.3. The molecule has 2 heterocycles. The summed E-state index contributed by atoms with van der Waals surface area (Å²) in [6.45, 7) is -0.471. The summed E-state index contributed by atoms with van der Waals surface area (Å²) >= 11 is 6.32. The van der Waals surface area contributed by atoms with Gasteiger partial charge in [-0.15, -0.1) is 0 Å². The van der Waals surface area contributed by atoms with Gasteiger partial charge in [0.1, 0.15) is 17.5 Å². The molecule has 7 nitrogen and oxygen atoms in total. The fraction of sp³-hybridized carbons (Fsp3) is 0.211. The number of allylic oxidation sites excluding steroid dienone is 1. The van der Waals surface area contributed by atoms with E-state index in [0.29, 0.717) is 23.3 Å². The van der Waals surface area contributed by atoms with Crippen LogP contribution in [0.15, 0.2) is 48.5 Å². The topological polar surface area (TPSA) is 74.1 Å². The van der Waals surface area contributed by atoms with Crippen molar-refractivity contribution in [2.45, 2.75) is 19.6 Å². The minimum absolute atomic E-state index is 0.0807. The van der Waals surface area contributed by atoms with E-state index in [1.807, 2.05) is 19.1 Å². The SMILES string of the molecule is CCOc1ccc(C2=C[C@@H](c3ccc(OC(F)F)cc3)n3nnnc3N2)cc1Cl. The zero-order valence-corrected chi connectivity index (χ0v) is 16.0. The zero-order valence-electron chi connectivity index (χ0n) is 15.2. The molecule has 10 heteroatoms. The molecule has 3 aromatic rings. The number of nitrogens with one attached hydrogen (secondary N) is 1. The summed E-state index contributed by atoms with van der Waals surface area (Å²) in [5.74, 6) is 1.13. The fourth-order valence-electron chi connectivity index (χ4n) is 3.05. The molecule has 4 rings (SSSR count). The van der Waals surface area contributed by atoms with E-state index < -0.39 is 6.61 Å². The smallest absolute Gasteiger partial charge is 0.387 e. The maximum Gasteiger partial charge on any atom is 0.387 e. The predicted molar refractivity (Wildman–Crippen MR) is 103 cm³/mol. The Kier molecular flexibility index (Phi) is 5.30. The lowest BCUT2D eigenvalue weighted by Gasteiger charge is -2.24. The lowest BCUT2D eigenvalue weighted by Crippen LogP contribution is -2.20. The van der Waals surface area contributed by atoms with E-state index in [2.05, 4.69) is 25.6 Å². The molecule has 0 spiro atoms. The largest absolute Gasteiger partial charge is 0.492 e. The number of anilines is 1. The second-order valence-electron chi connectivity index (χ2n) is 6.12. The molecule has 0 bridgehead atoms. The van der Waals surface area contributed by atoms with Crippen LogP contribution in [-0.2, 0) is 0 Å². The number of nitrogens with zero attached hydrogens (tertiary/aromatic N) is 4. The van der Waals surface area contributed by atoms with Gasteiger partial charge in [0.05, 0.1) is 11.6 Å². The summed E-state index contributed by atoms with van der Waals surface area (Å²) in [5.41, 5.74) is 2.39. The van der Waals surface area contributed by atoms with Crippen LogP contribution >= 0.6 is 11.6 Å². The molecule has 0 aliphatic carbocycles. The number of fused-ring (bicyclic) bond motifs is 1. The highest BCUT2D eigenvalue weighted by molar-refractivity contribution is 6.32. The van der Waals surface area contributed by atoms with Crippen LogP contribution in [0, 0.1) is 0 Å². The number of aromatic nitrogens is 4. The molecule has 0 saturated heterocycles. The maximum absolute atomic E-state index is 12.4.